The first-order valence-electron chi connectivity index (χ1n) is 6.76. The minimum absolute atomic E-state index is 0.118. The summed E-state index contributed by atoms with van der Waals surface area (Å²) in [7, 11) is 0. The largest absolute Gasteiger partial charge is 0.482 e. The Morgan fingerprint density at radius 3 is 3.05 bits per heavy atom. The smallest absolute Gasteiger partial charge is 0.181 e. The first-order chi connectivity index (χ1) is 9.74. The van der Waals surface area contributed by atoms with Crippen molar-refractivity contribution in [1.82, 2.24) is 10.3 Å². The number of benzene rings is 1. The molecule has 2 heterocycles. The lowest BCUT2D eigenvalue weighted by molar-refractivity contribution is 0.119. The highest BCUT2D eigenvalue weighted by Crippen LogP contribution is 2.33. The molecule has 1 N–H and O–H groups in total. The molecule has 2 atom stereocenters. The van der Waals surface area contributed by atoms with Crippen LogP contribution in [0, 0.1) is 12.8 Å². The van der Waals surface area contributed by atoms with Crippen LogP contribution >= 0.6 is 11.6 Å². The minimum Gasteiger partial charge on any atom is -0.482 e. The summed E-state index contributed by atoms with van der Waals surface area (Å²) in [6.45, 7) is 3.93. The van der Waals surface area contributed by atoms with E-state index in [1.54, 1.807) is 6.20 Å². The lowest BCUT2D eigenvalue weighted by Crippen LogP contribution is -2.21. The minimum atomic E-state index is -0.118. The molecule has 1 aromatic heterocycles. The van der Waals surface area contributed by atoms with Crippen molar-refractivity contribution in [2.24, 2.45) is 5.92 Å². The number of nitrogens with zero attached hydrogens (tertiary/aromatic N) is 1. The lowest BCUT2D eigenvalue weighted by atomic mass is 9.99. The fourth-order valence-corrected chi connectivity index (χ4v) is 2.80. The number of ether oxygens (including phenoxy) is 1. The number of aromatic nitrogens is 1. The third kappa shape index (κ3) is 2.81. The number of hydrogen-bond donors (Lipinski definition) is 1. The van der Waals surface area contributed by atoms with E-state index in [1.165, 1.54) is 6.39 Å². The van der Waals surface area contributed by atoms with Crippen molar-refractivity contribution < 1.29 is 9.15 Å². The summed E-state index contributed by atoms with van der Waals surface area (Å²) >= 11 is 5.99. The Hall–Kier alpha value is -1.52. The van der Waals surface area contributed by atoms with Gasteiger partial charge >= 0.3 is 0 Å². The van der Waals surface area contributed by atoms with Crippen LogP contribution < -0.4 is 10.1 Å². The fourth-order valence-electron chi connectivity index (χ4n) is 2.57. The van der Waals surface area contributed by atoms with Crippen molar-refractivity contribution in [2.75, 3.05) is 13.1 Å². The van der Waals surface area contributed by atoms with Gasteiger partial charge in [0.25, 0.3) is 0 Å². The standard InChI is InChI=1S/C15H17ClN2O2/c1-10-6-12(16)2-3-13(10)20-15(11-4-5-17-7-11)14-8-18-9-19-14/h2-3,6,8-9,11,15,17H,4-5,7H2,1H3/t11-,15?/m0/s1. The molecule has 1 aromatic carbocycles. The highest BCUT2D eigenvalue weighted by molar-refractivity contribution is 6.30. The molecular weight excluding hydrogens is 276 g/mol. The maximum Gasteiger partial charge on any atom is 0.181 e. The zero-order valence-corrected chi connectivity index (χ0v) is 12.1. The van der Waals surface area contributed by atoms with Crippen molar-refractivity contribution >= 4 is 11.6 Å². The highest BCUT2D eigenvalue weighted by Gasteiger charge is 2.30. The second-order valence-electron chi connectivity index (χ2n) is 5.10. The van der Waals surface area contributed by atoms with Crippen molar-refractivity contribution in [2.45, 2.75) is 19.4 Å². The van der Waals surface area contributed by atoms with Crippen LogP contribution in [0.25, 0.3) is 0 Å². The number of rotatable bonds is 4. The summed E-state index contributed by atoms with van der Waals surface area (Å²) < 4.78 is 11.7. The van der Waals surface area contributed by atoms with E-state index in [1.807, 2.05) is 25.1 Å². The Morgan fingerprint density at radius 2 is 2.40 bits per heavy atom. The first-order valence-corrected chi connectivity index (χ1v) is 7.14. The highest BCUT2D eigenvalue weighted by atomic mass is 35.5. The van der Waals surface area contributed by atoms with E-state index in [0.717, 1.165) is 36.6 Å². The van der Waals surface area contributed by atoms with Crippen LogP contribution in [0.2, 0.25) is 5.02 Å². The summed E-state index contributed by atoms with van der Waals surface area (Å²) in [4.78, 5) is 4.00. The van der Waals surface area contributed by atoms with Gasteiger partial charge in [-0.05, 0) is 43.7 Å². The molecule has 1 unspecified atom stereocenters. The van der Waals surface area contributed by atoms with E-state index in [9.17, 15) is 0 Å². The van der Waals surface area contributed by atoms with E-state index in [4.69, 9.17) is 20.8 Å². The zero-order valence-electron chi connectivity index (χ0n) is 11.3. The van der Waals surface area contributed by atoms with Crippen LogP contribution in [-0.4, -0.2) is 18.1 Å². The van der Waals surface area contributed by atoms with Gasteiger partial charge in [0.15, 0.2) is 18.3 Å². The molecule has 1 aliphatic heterocycles. The Bertz CT molecular complexity index is 565. The Labute approximate surface area is 123 Å². The van der Waals surface area contributed by atoms with Crippen molar-refractivity contribution in [3.8, 4) is 5.75 Å². The van der Waals surface area contributed by atoms with Gasteiger partial charge in [0.2, 0.25) is 0 Å². The van der Waals surface area contributed by atoms with Gasteiger partial charge in [0.1, 0.15) is 5.75 Å². The molecule has 0 bridgehead atoms. The molecule has 0 spiro atoms. The van der Waals surface area contributed by atoms with Gasteiger partial charge in [-0.2, -0.15) is 0 Å². The average molecular weight is 293 g/mol. The van der Waals surface area contributed by atoms with Crippen LogP contribution in [0.5, 0.6) is 5.75 Å². The first kappa shape index (κ1) is 13.5. The number of aryl methyl sites for hydroxylation is 1. The molecule has 0 radical (unpaired) electrons. The summed E-state index contributed by atoms with van der Waals surface area (Å²) in [5.74, 6) is 1.99. The van der Waals surface area contributed by atoms with E-state index in [-0.39, 0.29) is 6.10 Å². The molecule has 4 nitrogen and oxygen atoms in total. The normalized spacial score (nSPS) is 20.0. The Kier molecular flexibility index (Phi) is 3.94. The third-order valence-electron chi connectivity index (χ3n) is 3.65. The van der Waals surface area contributed by atoms with Gasteiger partial charge in [-0.3, -0.25) is 0 Å². The van der Waals surface area contributed by atoms with Gasteiger partial charge < -0.3 is 14.5 Å². The monoisotopic (exact) mass is 292 g/mol. The van der Waals surface area contributed by atoms with E-state index in [0.29, 0.717) is 10.9 Å². The summed E-state index contributed by atoms with van der Waals surface area (Å²) in [5, 5.41) is 4.08. The maximum atomic E-state index is 6.20. The third-order valence-corrected chi connectivity index (χ3v) is 3.88. The molecule has 20 heavy (non-hydrogen) atoms. The van der Waals surface area contributed by atoms with Crippen molar-refractivity contribution in [1.29, 1.82) is 0 Å². The molecule has 0 aliphatic carbocycles. The Balaban J connectivity index is 1.86. The molecule has 1 fully saturated rings. The van der Waals surface area contributed by atoms with Gasteiger partial charge in [-0.25, -0.2) is 4.98 Å². The lowest BCUT2D eigenvalue weighted by Gasteiger charge is -2.23. The number of halogens is 1. The second kappa shape index (κ2) is 5.85. The average Bonchev–Trinajstić information content (AvgIpc) is 3.11. The maximum absolute atomic E-state index is 6.20. The summed E-state index contributed by atoms with van der Waals surface area (Å²) in [5.41, 5.74) is 1.02. The number of oxazole rings is 1. The van der Waals surface area contributed by atoms with Crippen LogP contribution in [-0.2, 0) is 0 Å². The molecule has 2 aromatic rings. The van der Waals surface area contributed by atoms with Crippen molar-refractivity contribution in [3.63, 3.8) is 0 Å². The fraction of sp³-hybridized carbons (Fsp3) is 0.400. The predicted octanol–water partition coefficient (Wildman–Crippen LogP) is 3.37. The molecule has 1 saturated heterocycles. The van der Waals surface area contributed by atoms with Gasteiger partial charge in [0, 0.05) is 17.5 Å². The molecule has 106 valence electrons. The van der Waals surface area contributed by atoms with Gasteiger partial charge in [-0.1, -0.05) is 11.6 Å². The van der Waals surface area contributed by atoms with Crippen LogP contribution in [0.15, 0.2) is 35.2 Å². The predicted molar refractivity (Wildman–Crippen MR) is 77.0 cm³/mol. The van der Waals surface area contributed by atoms with Crippen LogP contribution in [0.3, 0.4) is 0 Å². The van der Waals surface area contributed by atoms with Crippen molar-refractivity contribution in [3.05, 3.63) is 47.1 Å². The number of hydrogen-bond acceptors (Lipinski definition) is 4. The van der Waals surface area contributed by atoms with Gasteiger partial charge in [0.05, 0.1) is 6.20 Å². The summed E-state index contributed by atoms with van der Waals surface area (Å²) in [6, 6.07) is 5.65. The molecular formula is C15H17ClN2O2. The zero-order chi connectivity index (χ0) is 13.9. The quantitative estimate of drug-likeness (QED) is 0.938. The van der Waals surface area contributed by atoms with E-state index in [2.05, 4.69) is 10.3 Å². The van der Waals surface area contributed by atoms with E-state index < -0.39 is 0 Å². The second-order valence-corrected chi connectivity index (χ2v) is 5.54. The van der Waals surface area contributed by atoms with Gasteiger partial charge in [-0.15, -0.1) is 0 Å². The molecule has 0 amide bonds. The molecule has 5 heteroatoms. The molecule has 1 aliphatic rings. The molecule has 3 rings (SSSR count). The topological polar surface area (TPSA) is 47.3 Å². The number of nitrogens with one attached hydrogen (secondary N) is 1. The SMILES string of the molecule is Cc1cc(Cl)ccc1OC(c1cnco1)[C@H]1CCNC1. The summed E-state index contributed by atoms with van der Waals surface area (Å²) in [6.07, 6.45) is 4.13. The van der Waals surface area contributed by atoms with E-state index >= 15 is 0 Å². The van der Waals surface area contributed by atoms with Crippen LogP contribution in [0.4, 0.5) is 0 Å². The Morgan fingerprint density at radius 1 is 1.50 bits per heavy atom. The molecule has 0 saturated carbocycles. The van der Waals surface area contributed by atoms with Crippen LogP contribution in [0.1, 0.15) is 23.8 Å².